The molecular formula is C20H17N3O5S. The number of pyridine rings is 1. The Morgan fingerprint density at radius 3 is 2.55 bits per heavy atom. The molecule has 0 aliphatic carbocycles. The van der Waals surface area contributed by atoms with Crippen LogP contribution in [0, 0.1) is 0 Å². The van der Waals surface area contributed by atoms with E-state index in [1.54, 1.807) is 35.7 Å². The first kappa shape index (κ1) is 20.0. The van der Waals surface area contributed by atoms with Crippen LogP contribution in [0.3, 0.4) is 0 Å². The van der Waals surface area contributed by atoms with Gasteiger partial charge in [0.15, 0.2) is 6.10 Å². The normalized spacial score (nSPS) is 11.3. The van der Waals surface area contributed by atoms with Crippen LogP contribution in [-0.4, -0.2) is 28.9 Å². The van der Waals surface area contributed by atoms with Crippen molar-refractivity contribution in [2.75, 3.05) is 5.32 Å². The molecule has 2 amide bonds. The Labute approximate surface area is 170 Å². The van der Waals surface area contributed by atoms with E-state index in [0.29, 0.717) is 10.8 Å². The van der Waals surface area contributed by atoms with Gasteiger partial charge in [0.2, 0.25) is 5.88 Å². The van der Waals surface area contributed by atoms with Crippen LogP contribution in [0.1, 0.15) is 27.6 Å². The van der Waals surface area contributed by atoms with Gasteiger partial charge >= 0.3 is 5.97 Å². The molecule has 3 rings (SSSR count). The molecule has 0 aliphatic heterocycles. The largest absolute Gasteiger partial charge is 0.449 e. The Morgan fingerprint density at radius 1 is 1.07 bits per heavy atom. The maximum Gasteiger partial charge on any atom is 0.344 e. The average Bonchev–Trinajstić information content (AvgIpc) is 3.17. The number of aromatic nitrogens is 1. The molecule has 1 atom stereocenters. The number of amides is 2. The number of thiophene rings is 1. The van der Waals surface area contributed by atoms with Gasteiger partial charge in [-0.2, -0.15) is 0 Å². The molecule has 9 heteroatoms. The van der Waals surface area contributed by atoms with Crippen LogP contribution < -0.4 is 15.8 Å². The van der Waals surface area contributed by atoms with Crippen LogP contribution in [0.15, 0.2) is 60.1 Å². The first-order valence-corrected chi connectivity index (χ1v) is 9.40. The van der Waals surface area contributed by atoms with Gasteiger partial charge in [-0.05, 0) is 42.6 Å². The van der Waals surface area contributed by atoms with Gasteiger partial charge in [-0.3, -0.25) is 9.59 Å². The molecule has 1 unspecified atom stereocenters. The predicted octanol–water partition coefficient (Wildman–Crippen LogP) is 3.22. The van der Waals surface area contributed by atoms with E-state index in [1.807, 2.05) is 6.07 Å². The number of carbonyl (C=O) groups excluding carboxylic acids is 3. The fraction of sp³-hybridized carbons (Fsp3) is 0.100. The van der Waals surface area contributed by atoms with E-state index in [2.05, 4.69) is 10.3 Å². The number of nitrogens with two attached hydrogens (primary N) is 1. The lowest BCUT2D eigenvalue weighted by Gasteiger charge is -2.14. The lowest BCUT2D eigenvalue weighted by atomic mass is 10.2. The van der Waals surface area contributed by atoms with E-state index in [-0.39, 0.29) is 17.0 Å². The monoisotopic (exact) mass is 411 g/mol. The topological polar surface area (TPSA) is 121 Å². The minimum absolute atomic E-state index is 0.0607. The van der Waals surface area contributed by atoms with Crippen molar-refractivity contribution in [2.24, 2.45) is 5.73 Å². The fourth-order valence-electron chi connectivity index (χ4n) is 2.32. The lowest BCUT2D eigenvalue weighted by molar-refractivity contribution is -0.123. The van der Waals surface area contributed by atoms with Crippen molar-refractivity contribution in [2.45, 2.75) is 13.0 Å². The van der Waals surface area contributed by atoms with Crippen LogP contribution in [0.5, 0.6) is 11.6 Å². The smallest absolute Gasteiger partial charge is 0.344 e. The number of ether oxygens (including phenoxy) is 2. The van der Waals surface area contributed by atoms with Crippen LogP contribution in [0.25, 0.3) is 0 Å². The van der Waals surface area contributed by atoms with Gasteiger partial charge in [0.05, 0.1) is 5.56 Å². The van der Waals surface area contributed by atoms with E-state index in [1.165, 1.54) is 25.3 Å². The van der Waals surface area contributed by atoms with Crippen LogP contribution in [0.4, 0.5) is 5.00 Å². The number of primary amides is 1. The molecule has 3 N–H and O–H groups in total. The molecule has 0 fully saturated rings. The second-order valence-electron chi connectivity index (χ2n) is 5.84. The number of benzene rings is 1. The second-order valence-corrected chi connectivity index (χ2v) is 6.75. The molecule has 0 aliphatic rings. The van der Waals surface area contributed by atoms with Crippen molar-refractivity contribution in [1.82, 2.24) is 4.98 Å². The zero-order valence-corrected chi connectivity index (χ0v) is 16.1. The molecule has 1 aromatic carbocycles. The van der Waals surface area contributed by atoms with Crippen LogP contribution >= 0.6 is 11.3 Å². The molecule has 0 radical (unpaired) electrons. The van der Waals surface area contributed by atoms with E-state index in [0.717, 1.165) is 11.3 Å². The third-order valence-electron chi connectivity index (χ3n) is 3.77. The molecule has 2 aromatic heterocycles. The summed E-state index contributed by atoms with van der Waals surface area (Å²) < 4.78 is 10.9. The summed E-state index contributed by atoms with van der Waals surface area (Å²) in [5, 5.41) is 4.45. The number of carbonyl (C=O) groups is 3. The average molecular weight is 411 g/mol. The Bertz CT molecular complexity index is 1040. The molecule has 29 heavy (non-hydrogen) atoms. The number of nitrogens with one attached hydrogen (secondary N) is 1. The molecule has 148 valence electrons. The lowest BCUT2D eigenvalue weighted by Crippen LogP contribution is -2.30. The molecule has 0 spiro atoms. The summed E-state index contributed by atoms with van der Waals surface area (Å²) in [4.78, 5) is 40.3. The van der Waals surface area contributed by atoms with Crippen LogP contribution in [-0.2, 0) is 9.53 Å². The van der Waals surface area contributed by atoms with Crippen molar-refractivity contribution in [1.29, 1.82) is 0 Å². The first-order chi connectivity index (χ1) is 14.0. The number of rotatable bonds is 7. The zero-order chi connectivity index (χ0) is 20.8. The third-order valence-corrected chi connectivity index (χ3v) is 4.60. The number of hydrogen-bond acceptors (Lipinski definition) is 7. The summed E-state index contributed by atoms with van der Waals surface area (Å²) in [5.41, 5.74) is 5.52. The standard InChI is InChI=1S/C20H17N3O5S/c1-12(17(25)23-19-14(16(21)24)9-11-29-19)27-20(26)15-8-5-10-22-18(15)28-13-6-3-2-4-7-13/h2-12H,1H3,(H2,21,24)(H,23,25). The Balaban J connectivity index is 1.69. The number of hydrogen-bond donors (Lipinski definition) is 2. The molecule has 0 saturated carbocycles. The molecule has 2 heterocycles. The fourth-order valence-corrected chi connectivity index (χ4v) is 3.11. The van der Waals surface area contributed by atoms with Gasteiger partial charge in [-0.25, -0.2) is 9.78 Å². The van der Waals surface area contributed by atoms with E-state index >= 15 is 0 Å². The van der Waals surface area contributed by atoms with Crippen molar-refractivity contribution >= 4 is 34.1 Å². The highest BCUT2D eigenvalue weighted by atomic mass is 32.1. The zero-order valence-electron chi connectivity index (χ0n) is 15.3. The van der Waals surface area contributed by atoms with Gasteiger partial charge in [0.25, 0.3) is 11.8 Å². The third kappa shape index (κ3) is 4.96. The number of nitrogens with zero attached hydrogens (tertiary/aromatic N) is 1. The summed E-state index contributed by atoms with van der Waals surface area (Å²) in [5.74, 6) is -1.47. The second kappa shape index (κ2) is 8.98. The summed E-state index contributed by atoms with van der Waals surface area (Å²) in [7, 11) is 0. The minimum atomic E-state index is -1.13. The highest BCUT2D eigenvalue weighted by Crippen LogP contribution is 2.25. The van der Waals surface area contributed by atoms with E-state index < -0.39 is 23.9 Å². The van der Waals surface area contributed by atoms with Crippen LogP contribution in [0.2, 0.25) is 0 Å². The van der Waals surface area contributed by atoms with Gasteiger partial charge in [0.1, 0.15) is 16.3 Å². The SMILES string of the molecule is CC(OC(=O)c1cccnc1Oc1ccccc1)C(=O)Nc1sccc1C(N)=O. The maximum atomic E-state index is 12.6. The Hall–Kier alpha value is -3.72. The number of para-hydroxylation sites is 1. The van der Waals surface area contributed by atoms with Gasteiger partial charge < -0.3 is 20.5 Å². The predicted molar refractivity (Wildman–Crippen MR) is 107 cm³/mol. The summed E-state index contributed by atoms with van der Waals surface area (Å²) in [6.07, 6.45) is 0.350. The molecular weight excluding hydrogens is 394 g/mol. The highest BCUT2D eigenvalue weighted by molar-refractivity contribution is 7.14. The quantitative estimate of drug-likeness (QED) is 0.576. The summed E-state index contributed by atoms with van der Waals surface area (Å²) >= 11 is 1.14. The van der Waals surface area contributed by atoms with E-state index in [4.69, 9.17) is 15.2 Å². The van der Waals surface area contributed by atoms with Gasteiger partial charge in [-0.1, -0.05) is 18.2 Å². The molecule has 0 saturated heterocycles. The van der Waals surface area contributed by atoms with Crippen molar-refractivity contribution in [3.63, 3.8) is 0 Å². The van der Waals surface area contributed by atoms with E-state index in [9.17, 15) is 14.4 Å². The Morgan fingerprint density at radius 2 is 1.83 bits per heavy atom. The van der Waals surface area contributed by atoms with Gasteiger partial charge in [-0.15, -0.1) is 11.3 Å². The molecule has 8 nitrogen and oxygen atoms in total. The first-order valence-electron chi connectivity index (χ1n) is 8.52. The molecule has 3 aromatic rings. The maximum absolute atomic E-state index is 12.6. The molecule has 0 bridgehead atoms. The highest BCUT2D eigenvalue weighted by Gasteiger charge is 2.23. The Kier molecular flexibility index (Phi) is 6.20. The number of anilines is 1. The van der Waals surface area contributed by atoms with Crippen molar-refractivity contribution in [3.8, 4) is 11.6 Å². The minimum Gasteiger partial charge on any atom is -0.449 e. The number of esters is 1. The summed E-state index contributed by atoms with van der Waals surface area (Å²) in [6, 6.07) is 13.4. The van der Waals surface area contributed by atoms with Crippen molar-refractivity contribution in [3.05, 3.63) is 71.2 Å². The summed E-state index contributed by atoms with van der Waals surface area (Å²) in [6.45, 7) is 1.42. The van der Waals surface area contributed by atoms with Crippen molar-refractivity contribution < 1.29 is 23.9 Å². The van der Waals surface area contributed by atoms with Gasteiger partial charge in [0, 0.05) is 6.20 Å².